The second kappa shape index (κ2) is 6.55. The van der Waals surface area contributed by atoms with Crippen LogP contribution in [0.25, 0.3) is 0 Å². The predicted molar refractivity (Wildman–Crippen MR) is 73.9 cm³/mol. The van der Waals surface area contributed by atoms with Crippen LogP contribution in [0, 0.1) is 0 Å². The summed E-state index contributed by atoms with van der Waals surface area (Å²) in [4.78, 5) is 2.47. The van der Waals surface area contributed by atoms with E-state index in [4.69, 9.17) is 9.15 Å². The summed E-state index contributed by atoms with van der Waals surface area (Å²) in [6, 6.07) is 2.85. The molecule has 1 saturated heterocycles. The van der Waals surface area contributed by atoms with Gasteiger partial charge in [0.05, 0.1) is 12.9 Å². The Morgan fingerprint density at radius 1 is 1.32 bits per heavy atom. The van der Waals surface area contributed by atoms with Crippen LogP contribution in [-0.4, -0.2) is 37.2 Å². The van der Waals surface area contributed by atoms with Crippen LogP contribution in [0.2, 0.25) is 0 Å². The molecular formula is C15H24N2O2. The molecule has 1 aliphatic heterocycles. The van der Waals surface area contributed by atoms with Gasteiger partial charge in [0.1, 0.15) is 12.4 Å². The van der Waals surface area contributed by atoms with E-state index in [1.54, 1.807) is 0 Å². The molecule has 2 fully saturated rings. The van der Waals surface area contributed by atoms with Gasteiger partial charge < -0.3 is 19.4 Å². The number of furan rings is 1. The normalized spacial score (nSPS) is 20.2. The Morgan fingerprint density at radius 3 is 2.95 bits per heavy atom. The molecule has 0 aromatic carbocycles. The smallest absolute Gasteiger partial charge is 0.129 e. The van der Waals surface area contributed by atoms with Gasteiger partial charge in [0, 0.05) is 24.7 Å². The number of likely N-dealkylation sites (tertiary alicyclic amines) is 1. The number of hydrogen-bond donors (Lipinski definition) is 1. The number of nitrogens with zero attached hydrogens (tertiary/aromatic N) is 1. The van der Waals surface area contributed by atoms with Crippen LogP contribution in [0.1, 0.15) is 37.0 Å². The minimum absolute atomic E-state index is 0.595. The zero-order valence-electron chi connectivity index (χ0n) is 11.6. The average Bonchev–Trinajstić information content (AvgIpc) is 2.91. The Balaban J connectivity index is 1.30. The van der Waals surface area contributed by atoms with E-state index in [0.717, 1.165) is 31.5 Å². The molecule has 0 unspecified atom stereocenters. The first-order chi connectivity index (χ1) is 9.40. The van der Waals surface area contributed by atoms with Crippen LogP contribution in [-0.2, 0) is 17.9 Å². The van der Waals surface area contributed by atoms with Gasteiger partial charge in [-0.2, -0.15) is 0 Å². The fraction of sp³-hybridized carbons (Fsp3) is 0.733. The highest BCUT2D eigenvalue weighted by Gasteiger charge is 2.20. The van der Waals surface area contributed by atoms with E-state index in [1.807, 2.05) is 6.26 Å². The zero-order chi connectivity index (χ0) is 12.9. The van der Waals surface area contributed by atoms with Gasteiger partial charge in [-0.3, -0.25) is 0 Å². The van der Waals surface area contributed by atoms with E-state index in [2.05, 4.69) is 16.3 Å². The Hall–Kier alpha value is -0.840. The zero-order valence-corrected chi connectivity index (χ0v) is 11.6. The van der Waals surface area contributed by atoms with Crippen molar-refractivity contribution in [2.24, 2.45) is 0 Å². The van der Waals surface area contributed by atoms with Crippen molar-refractivity contribution < 1.29 is 9.15 Å². The van der Waals surface area contributed by atoms with E-state index in [0.29, 0.717) is 6.61 Å². The molecule has 0 spiro atoms. The standard InChI is InChI=1S/C15H24N2O2/c1-2-6-17(5-1)7-8-18-12-15-9-13(11-19-15)10-16-14-3-4-14/h9,11,14,16H,1-8,10,12H2. The van der Waals surface area contributed by atoms with Crippen molar-refractivity contribution in [2.45, 2.75) is 44.9 Å². The maximum atomic E-state index is 5.68. The summed E-state index contributed by atoms with van der Waals surface area (Å²) in [6.07, 6.45) is 7.17. The fourth-order valence-corrected chi connectivity index (χ4v) is 2.52. The predicted octanol–water partition coefficient (Wildman–Crippen LogP) is 2.14. The molecule has 1 aromatic rings. The second-order valence-electron chi connectivity index (χ2n) is 5.68. The lowest BCUT2D eigenvalue weighted by molar-refractivity contribution is 0.0875. The summed E-state index contributed by atoms with van der Waals surface area (Å²) < 4.78 is 11.2. The third-order valence-corrected chi connectivity index (χ3v) is 3.88. The van der Waals surface area contributed by atoms with Gasteiger partial charge in [-0.1, -0.05) is 0 Å². The maximum Gasteiger partial charge on any atom is 0.129 e. The van der Waals surface area contributed by atoms with Crippen molar-refractivity contribution in [3.63, 3.8) is 0 Å². The van der Waals surface area contributed by atoms with Crippen molar-refractivity contribution >= 4 is 0 Å². The van der Waals surface area contributed by atoms with Crippen molar-refractivity contribution in [3.05, 3.63) is 23.7 Å². The molecule has 2 aliphatic rings. The molecule has 3 rings (SSSR count). The second-order valence-corrected chi connectivity index (χ2v) is 5.68. The fourth-order valence-electron chi connectivity index (χ4n) is 2.52. The van der Waals surface area contributed by atoms with Crippen molar-refractivity contribution in [1.29, 1.82) is 0 Å². The highest BCUT2D eigenvalue weighted by atomic mass is 16.5. The van der Waals surface area contributed by atoms with Gasteiger partial charge >= 0.3 is 0 Å². The SMILES string of the molecule is c1oc(COCCN2CCCC2)cc1CNC1CC1. The number of hydrogen-bond acceptors (Lipinski definition) is 4. The van der Waals surface area contributed by atoms with Gasteiger partial charge in [-0.05, 0) is 44.8 Å². The first-order valence-corrected chi connectivity index (χ1v) is 7.50. The van der Waals surface area contributed by atoms with E-state index in [1.165, 1.54) is 44.3 Å². The van der Waals surface area contributed by atoms with Crippen molar-refractivity contribution in [1.82, 2.24) is 10.2 Å². The molecule has 1 aliphatic carbocycles. The molecule has 1 saturated carbocycles. The molecule has 0 bridgehead atoms. The minimum Gasteiger partial charge on any atom is -0.467 e. The summed E-state index contributed by atoms with van der Waals surface area (Å²) in [7, 11) is 0. The topological polar surface area (TPSA) is 37.6 Å². The van der Waals surface area contributed by atoms with E-state index < -0.39 is 0 Å². The highest BCUT2D eigenvalue weighted by Crippen LogP contribution is 2.19. The number of ether oxygens (including phenoxy) is 1. The molecule has 1 aromatic heterocycles. The summed E-state index contributed by atoms with van der Waals surface area (Å²) in [5.74, 6) is 0.939. The minimum atomic E-state index is 0.595. The molecule has 4 heteroatoms. The quantitative estimate of drug-likeness (QED) is 0.730. The van der Waals surface area contributed by atoms with Crippen LogP contribution in [0.15, 0.2) is 16.7 Å². The number of nitrogens with one attached hydrogen (secondary N) is 1. The molecule has 19 heavy (non-hydrogen) atoms. The van der Waals surface area contributed by atoms with Gasteiger partial charge in [-0.15, -0.1) is 0 Å². The Morgan fingerprint density at radius 2 is 2.16 bits per heavy atom. The summed E-state index contributed by atoms with van der Waals surface area (Å²) >= 11 is 0. The van der Waals surface area contributed by atoms with Crippen LogP contribution >= 0.6 is 0 Å². The first kappa shape index (κ1) is 13.2. The number of rotatable bonds is 8. The molecule has 1 N–H and O–H groups in total. The van der Waals surface area contributed by atoms with Crippen LogP contribution in [0.5, 0.6) is 0 Å². The van der Waals surface area contributed by atoms with Crippen molar-refractivity contribution in [2.75, 3.05) is 26.2 Å². The molecule has 0 amide bonds. The third-order valence-electron chi connectivity index (χ3n) is 3.88. The molecular weight excluding hydrogens is 240 g/mol. The summed E-state index contributed by atoms with van der Waals surface area (Å²) in [5, 5.41) is 3.48. The Kier molecular flexibility index (Phi) is 4.53. The van der Waals surface area contributed by atoms with Gasteiger partial charge in [0.2, 0.25) is 0 Å². The molecule has 0 radical (unpaired) electrons. The van der Waals surface area contributed by atoms with Crippen LogP contribution in [0.4, 0.5) is 0 Å². The van der Waals surface area contributed by atoms with E-state index in [9.17, 15) is 0 Å². The van der Waals surface area contributed by atoms with Gasteiger partial charge in [0.25, 0.3) is 0 Å². The van der Waals surface area contributed by atoms with Crippen LogP contribution < -0.4 is 5.32 Å². The lowest BCUT2D eigenvalue weighted by Crippen LogP contribution is -2.23. The third kappa shape index (κ3) is 4.34. The first-order valence-electron chi connectivity index (χ1n) is 7.50. The summed E-state index contributed by atoms with van der Waals surface area (Å²) in [5.41, 5.74) is 1.23. The van der Waals surface area contributed by atoms with Crippen molar-refractivity contribution in [3.8, 4) is 0 Å². The largest absolute Gasteiger partial charge is 0.467 e. The van der Waals surface area contributed by atoms with Gasteiger partial charge in [0.15, 0.2) is 0 Å². The summed E-state index contributed by atoms with van der Waals surface area (Å²) in [6.45, 7) is 5.84. The van der Waals surface area contributed by atoms with Gasteiger partial charge in [-0.25, -0.2) is 0 Å². The van der Waals surface area contributed by atoms with E-state index in [-0.39, 0.29) is 0 Å². The molecule has 2 heterocycles. The highest BCUT2D eigenvalue weighted by molar-refractivity contribution is 5.12. The maximum absolute atomic E-state index is 5.68. The van der Waals surface area contributed by atoms with Crippen LogP contribution in [0.3, 0.4) is 0 Å². The Labute approximate surface area is 115 Å². The lowest BCUT2D eigenvalue weighted by Gasteiger charge is -2.13. The average molecular weight is 264 g/mol. The monoisotopic (exact) mass is 264 g/mol. The Bertz CT molecular complexity index is 381. The molecule has 0 atom stereocenters. The molecule has 4 nitrogen and oxygen atoms in total. The lowest BCUT2D eigenvalue weighted by atomic mass is 10.3. The molecule has 106 valence electrons. The van der Waals surface area contributed by atoms with E-state index >= 15 is 0 Å².